The largest absolute Gasteiger partial charge is 0.475 e. The van der Waals surface area contributed by atoms with Gasteiger partial charge in [0, 0.05) is 19.6 Å². The Morgan fingerprint density at radius 3 is 2.63 bits per heavy atom. The number of fused-ring (bicyclic) bond motifs is 1. The van der Waals surface area contributed by atoms with Gasteiger partial charge in [-0.25, -0.2) is 14.8 Å². The number of anilines is 1. The van der Waals surface area contributed by atoms with Gasteiger partial charge < -0.3 is 19.7 Å². The third kappa shape index (κ3) is 4.99. The molecule has 3 rings (SSSR count). The zero-order valence-corrected chi connectivity index (χ0v) is 16.5. The first-order valence-corrected chi connectivity index (χ1v) is 9.47. The molecule has 1 N–H and O–H groups in total. The molecule has 1 aliphatic rings. The van der Waals surface area contributed by atoms with Gasteiger partial charge in [0.1, 0.15) is 5.60 Å². The first kappa shape index (κ1) is 19.2. The minimum Gasteiger partial charge on any atom is -0.475 e. The molecule has 27 heavy (non-hydrogen) atoms. The van der Waals surface area contributed by atoms with Crippen LogP contribution in [0.4, 0.5) is 10.6 Å². The van der Waals surface area contributed by atoms with E-state index in [1.165, 1.54) is 0 Å². The van der Waals surface area contributed by atoms with Crippen molar-refractivity contribution in [3.63, 3.8) is 0 Å². The first-order valence-electron chi connectivity index (χ1n) is 9.47. The number of carbonyl (C=O) groups is 1. The lowest BCUT2D eigenvalue weighted by Crippen LogP contribution is -2.36. The van der Waals surface area contributed by atoms with E-state index in [0.29, 0.717) is 24.9 Å². The number of hydrogen-bond donors (Lipinski definition) is 1. The molecular formula is C20H28N4O3. The summed E-state index contributed by atoms with van der Waals surface area (Å²) in [6.45, 7) is 10.3. The number of para-hydroxylation sites is 2. The molecule has 0 aliphatic carbocycles. The Morgan fingerprint density at radius 2 is 1.96 bits per heavy atom. The van der Waals surface area contributed by atoms with Crippen LogP contribution in [0, 0.1) is 5.92 Å². The second-order valence-corrected chi connectivity index (χ2v) is 7.76. The van der Waals surface area contributed by atoms with Gasteiger partial charge in [0.05, 0.1) is 17.6 Å². The molecule has 1 amide bonds. The van der Waals surface area contributed by atoms with Crippen molar-refractivity contribution in [3.05, 3.63) is 24.3 Å². The first-order chi connectivity index (χ1) is 12.9. The maximum Gasteiger partial charge on any atom is 0.407 e. The van der Waals surface area contributed by atoms with E-state index in [9.17, 15) is 4.79 Å². The molecule has 2 aromatic rings. The van der Waals surface area contributed by atoms with Crippen LogP contribution in [0.3, 0.4) is 0 Å². The van der Waals surface area contributed by atoms with Gasteiger partial charge in [-0.3, -0.25) is 0 Å². The Hall–Kier alpha value is -2.57. The molecule has 1 fully saturated rings. The number of carbonyl (C=O) groups excluding carboxylic acids is 1. The third-order valence-corrected chi connectivity index (χ3v) is 4.32. The molecule has 1 aromatic carbocycles. The van der Waals surface area contributed by atoms with Gasteiger partial charge in [-0.2, -0.15) is 0 Å². The van der Waals surface area contributed by atoms with Crippen LogP contribution in [0.25, 0.3) is 11.0 Å². The quantitative estimate of drug-likeness (QED) is 0.867. The van der Waals surface area contributed by atoms with Crippen molar-refractivity contribution in [1.29, 1.82) is 0 Å². The van der Waals surface area contributed by atoms with Gasteiger partial charge in [0.25, 0.3) is 5.88 Å². The Labute approximate surface area is 160 Å². The summed E-state index contributed by atoms with van der Waals surface area (Å²) in [5.41, 5.74) is 1.19. The van der Waals surface area contributed by atoms with E-state index in [0.717, 1.165) is 36.4 Å². The van der Waals surface area contributed by atoms with Gasteiger partial charge in [0.15, 0.2) is 5.82 Å². The minimum absolute atomic E-state index is 0.334. The van der Waals surface area contributed by atoms with Crippen LogP contribution in [0.1, 0.15) is 34.1 Å². The summed E-state index contributed by atoms with van der Waals surface area (Å²) < 4.78 is 11.0. The van der Waals surface area contributed by atoms with Crippen LogP contribution in [0.5, 0.6) is 5.88 Å². The highest BCUT2D eigenvalue weighted by atomic mass is 16.6. The maximum absolute atomic E-state index is 11.9. The van der Waals surface area contributed by atoms with Crippen molar-refractivity contribution >= 4 is 22.9 Å². The standard InChI is InChI=1S/C20H28N4O3/c1-5-26-18-17(22-15-8-6-7-9-16(15)23-18)24-11-10-14(13-24)12-21-19(25)27-20(2,3)4/h6-9,14H,5,10-13H2,1-4H3,(H,21,25). The van der Waals surface area contributed by atoms with E-state index < -0.39 is 5.60 Å². The molecule has 2 heterocycles. The number of alkyl carbamates (subject to hydrolysis) is 1. The normalized spacial score (nSPS) is 17.2. The summed E-state index contributed by atoms with van der Waals surface area (Å²) in [5, 5.41) is 2.87. The lowest BCUT2D eigenvalue weighted by Gasteiger charge is -2.22. The summed E-state index contributed by atoms with van der Waals surface area (Å²) in [6.07, 6.45) is 0.594. The monoisotopic (exact) mass is 372 g/mol. The molecule has 0 radical (unpaired) electrons. The zero-order chi connectivity index (χ0) is 19.4. The molecule has 1 unspecified atom stereocenters. The van der Waals surface area contributed by atoms with E-state index >= 15 is 0 Å². The van der Waals surface area contributed by atoms with E-state index in [4.69, 9.17) is 14.5 Å². The summed E-state index contributed by atoms with van der Waals surface area (Å²) in [7, 11) is 0. The average molecular weight is 372 g/mol. The van der Waals surface area contributed by atoms with Crippen LogP contribution < -0.4 is 15.0 Å². The van der Waals surface area contributed by atoms with Crippen LogP contribution in [-0.4, -0.2) is 47.9 Å². The molecule has 1 aromatic heterocycles. The second kappa shape index (κ2) is 7.98. The number of rotatable bonds is 5. The Balaban J connectivity index is 1.67. The number of benzene rings is 1. The lowest BCUT2D eigenvalue weighted by atomic mass is 10.1. The van der Waals surface area contributed by atoms with Gasteiger partial charge in [-0.1, -0.05) is 12.1 Å². The van der Waals surface area contributed by atoms with Gasteiger partial charge in [-0.05, 0) is 52.2 Å². The highest BCUT2D eigenvalue weighted by Crippen LogP contribution is 2.31. The molecule has 1 saturated heterocycles. The van der Waals surface area contributed by atoms with Crippen molar-refractivity contribution in [3.8, 4) is 5.88 Å². The van der Waals surface area contributed by atoms with Crippen molar-refractivity contribution in [2.45, 2.75) is 39.7 Å². The predicted octanol–water partition coefficient (Wildman–Crippen LogP) is 3.38. The second-order valence-electron chi connectivity index (χ2n) is 7.76. The molecular weight excluding hydrogens is 344 g/mol. The fourth-order valence-corrected chi connectivity index (χ4v) is 3.15. The molecule has 1 aliphatic heterocycles. The summed E-state index contributed by atoms with van der Waals surface area (Å²) in [4.78, 5) is 23.5. The molecule has 7 heteroatoms. The van der Waals surface area contributed by atoms with Crippen molar-refractivity contribution < 1.29 is 14.3 Å². The van der Waals surface area contributed by atoms with E-state index in [2.05, 4.69) is 15.2 Å². The third-order valence-electron chi connectivity index (χ3n) is 4.32. The molecule has 0 bridgehead atoms. The lowest BCUT2D eigenvalue weighted by molar-refractivity contribution is 0.0520. The minimum atomic E-state index is -0.487. The van der Waals surface area contributed by atoms with Gasteiger partial charge in [0.2, 0.25) is 0 Å². The van der Waals surface area contributed by atoms with Crippen LogP contribution in [0.2, 0.25) is 0 Å². The molecule has 0 spiro atoms. The van der Waals surface area contributed by atoms with E-state index in [1.807, 2.05) is 52.0 Å². The summed E-state index contributed by atoms with van der Waals surface area (Å²) >= 11 is 0. The fraction of sp³-hybridized carbons (Fsp3) is 0.550. The fourth-order valence-electron chi connectivity index (χ4n) is 3.15. The number of amides is 1. The topological polar surface area (TPSA) is 76.6 Å². The number of nitrogens with zero attached hydrogens (tertiary/aromatic N) is 3. The number of aromatic nitrogens is 2. The average Bonchev–Trinajstić information content (AvgIpc) is 3.07. The predicted molar refractivity (Wildman–Crippen MR) is 105 cm³/mol. The smallest absolute Gasteiger partial charge is 0.407 e. The molecule has 146 valence electrons. The zero-order valence-electron chi connectivity index (χ0n) is 16.5. The molecule has 7 nitrogen and oxygen atoms in total. The number of ether oxygens (including phenoxy) is 2. The van der Waals surface area contributed by atoms with Crippen molar-refractivity contribution in [2.24, 2.45) is 5.92 Å². The van der Waals surface area contributed by atoms with E-state index in [-0.39, 0.29) is 6.09 Å². The number of hydrogen-bond acceptors (Lipinski definition) is 6. The maximum atomic E-state index is 11.9. The number of nitrogens with one attached hydrogen (secondary N) is 1. The highest BCUT2D eigenvalue weighted by Gasteiger charge is 2.27. The van der Waals surface area contributed by atoms with Crippen molar-refractivity contribution in [1.82, 2.24) is 15.3 Å². The van der Waals surface area contributed by atoms with Crippen LogP contribution >= 0.6 is 0 Å². The molecule has 1 atom stereocenters. The van der Waals surface area contributed by atoms with E-state index in [1.54, 1.807) is 0 Å². The Bertz CT molecular complexity index is 803. The SMILES string of the molecule is CCOc1nc2ccccc2nc1N1CCC(CNC(=O)OC(C)(C)C)C1. The van der Waals surface area contributed by atoms with Crippen LogP contribution in [0.15, 0.2) is 24.3 Å². The van der Waals surface area contributed by atoms with Crippen molar-refractivity contribution in [2.75, 3.05) is 31.1 Å². The Kier molecular flexibility index (Phi) is 5.68. The molecule has 0 saturated carbocycles. The van der Waals surface area contributed by atoms with Crippen LogP contribution in [-0.2, 0) is 4.74 Å². The van der Waals surface area contributed by atoms with Gasteiger partial charge >= 0.3 is 6.09 Å². The Morgan fingerprint density at radius 1 is 1.26 bits per heavy atom. The highest BCUT2D eigenvalue weighted by molar-refractivity contribution is 5.77. The van der Waals surface area contributed by atoms with Gasteiger partial charge in [-0.15, -0.1) is 0 Å². The summed E-state index contributed by atoms with van der Waals surface area (Å²) in [5.74, 6) is 1.67. The summed E-state index contributed by atoms with van der Waals surface area (Å²) in [6, 6.07) is 7.80.